The number of nitrogens with zero attached hydrogens (tertiary/aromatic N) is 2. The molecular formula is C21H23FN2O3. The van der Waals surface area contributed by atoms with Gasteiger partial charge in [-0.05, 0) is 42.2 Å². The van der Waals surface area contributed by atoms with Crippen LogP contribution in [0.5, 0.6) is 5.75 Å². The molecule has 1 amide bonds. The number of benzene rings is 1. The predicted octanol–water partition coefficient (Wildman–Crippen LogP) is 2.71. The quantitative estimate of drug-likeness (QED) is 0.785. The Bertz CT molecular complexity index is 786. The monoisotopic (exact) mass is 370 g/mol. The van der Waals surface area contributed by atoms with E-state index in [4.69, 9.17) is 9.47 Å². The maximum Gasteiger partial charge on any atom is 0.227 e. The minimum Gasteiger partial charge on any atom is -0.492 e. The summed E-state index contributed by atoms with van der Waals surface area (Å²) in [5.74, 6) is 1.23. The lowest BCUT2D eigenvalue weighted by molar-refractivity contribution is -0.130. The second-order valence-corrected chi connectivity index (χ2v) is 7.23. The van der Waals surface area contributed by atoms with E-state index >= 15 is 0 Å². The van der Waals surface area contributed by atoms with E-state index in [0.29, 0.717) is 37.1 Å². The van der Waals surface area contributed by atoms with E-state index in [-0.39, 0.29) is 24.2 Å². The van der Waals surface area contributed by atoms with Crippen LogP contribution in [0.25, 0.3) is 0 Å². The molecule has 3 atom stereocenters. The fourth-order valence-electron chi connectivity index (χ4n) is 3.99. The first-order valence-electron chi connectivity index (χ1n) is 9.35. The number of pyridine rings is 1. The predicted molar refractivity (Wildman–Crippen MR) is 97.8 cm³/mol. The highest BCUT2D eigenvalue weighted by Gasteiger charge is 2.44. The molecular weight excluding hydrogens is 347 g/mol. The molecule has 0 saturated carbocycles. The van der Waals surface area contributed by atoms with Crippen LogP contribution in [-0.4, -0.2) is 48.2 Å². The van der Waals surface area contributed by atoms with Gasteiger partial charge in [0.25, 0.3) is 0 Å². The lowest BCUT2D eigenvalue weighted by atomic mass is 9.91. The Morgan fingerprint density at radius 2 is 2.22 bits per heavy atom. The van der Waals surface area contributed by atoms with Crippen molar-refractivity contribution in [3.63, 3.8) is 0 Å². The topological polar surface area (TPSA) is 51.7 Å². The van der Waals surface area contributed by atoms with Crippen molar-refractivity contribution in [2.75, 3.05) is 26.3 Å². The number of halogens is 1. The SMILES string of the molecule is O=C(Cc1cccc(F)c1)N1C[C@H]2[C@@H](CCOc3cccnc3)CO[C@H]2C1. The van der Waals surface area contributed by atoms with Crippen molar-refractivity contribution in [1.29, 1.82) is 0 Å². The molecule has 142 valence electrons. The minimum absolute atomic E-state index is 0.0314. The second kappa shape index (κ2) is 8.05. The molecule has 0 radical (unpaired) electrons. The van der Waals surface area contributed by atoms with E-state index in [2.05, 4.69) is 4.98 Å². The maximum atomic E-state index is 13.3. The van der Waals surface area contributed by atoms with E-state index in [1.807, 2.05) is 17.0 Å². The molecule has 1 aromatic heterocycles. The standard InChI is InChI=1S/C21H23FN2O3/c22-17-4-1-3-15(9-17)10-21(25)24-12-19-16(14-27-20(19)13-24)6-8-26-18-5-2-7-23-11-18/h1-5,7,9,11,16,19-20H,6,8,10,12-14H2/t16-,19-,20-/m0/s1. The minimum atomic E-state index is -0.310. The summed E-state index contributed by atoms with van der Waals surface area (Å²) in [6, 6.07) is 9.97. The van der Waals surface area contributed by atoms with Gasteiger partial charge < -0.3 is 14.4 Å². The summed E-state index contributed by atoms with van der Waals surface area (Å²) >= 11 is 0. The van der Waals surface area contributed by atoms with Crippen molar-refractivity contribution < 1.29 is 18.7 Å². The summed E-state index contributed by atoms with van der Waals surface area (Å²) in [5.41, 5.74) is 0.708. The van der Waals surface area contributed by atoms with Crippen molar-refractivity contribution in [3.8, 4) is 5.75 Å². The van der Waals surface area contributed by atoms with Crippen LogP contribution in [0.4, 0.5) is 4.39 Å². The number of ether oxygens (including phenoxy) is 2. The van der Waals surface area contributed by atoms with E-state index in [1.54, 1.807) is 24.5 Å². The molecule has 0 aliphatic carbocycles. The number of aromatic nitrogens is 1. The fraction of sp³-hybridized carbons (Fsp3) is 0.429. The summed E-state index contributed by atoms with van der Waals surface area (Å²) in [4.78, 5) is 18.5. The first-order chi connectivity index (χ1) is 13.2. The van der Waals surface area contributed by atoms with Crippen LogP contribution < -0.4 is 4.74 Å². The average Bonchev–Trinajstić information content (AvgIpc) is 3.24. The molecule has 1 aromatic carbocycles. The van der Waals surface area contributed by atoms with Crippen LogP contribution in [0.3, 0.4) is 0 Å². The Balaban J connectivity index is 1.28. The number of carbonyl (C=O) groups is 1. The smallest absolute Gasteiger partial charge is 0.227 e. The zero-order valence-electron chi connectivity index (χ0n) is 15.1. The summed E-state index contributed by atoms with van der Waals surface area (Å²) in [6.07, 6.45) is 4.64. The maximum absolute atomic E-state index is 13.3. The molecule has 2 aliphatic rings. The lowest BCUT2D eigenvalue weighted by Gasteiger charge is -2.20. The zero-order valence-corrected chi connectivity index (χ0v) is 15.1. The lowest BCUT2D eigenvalue weighted by Crippen LogP contribution is -2.32. The van der Waals surface area contributed by atoms with Crippen LogP contribution in [0.2, 0.25) is 0 Å². The Hall–Kier alpha value is -2.47. The van der Waals surface area contributed by atoms with Gasteiger partial charge in [-0.1, -0.05) is 12.1 Å². The molecule has 2 aromatic rings. The molecule has 27 heavy (non-hydrogen) atoms. The third-order valence-electron chi connectivity index (χ3n) is 5.43. The Morgan fingerprint density at radius 3 is 3.04 bits per heavy atom. The third-order valence-corrected chi connectivity index (χ3v) is 5.43. The zero-order chi connectivity index (χ0) is 18.6. The number of fused-ring (bicyclic) bond motifs is 1. The van der Waals surface area contributed by atoms with Gasteiger partial charge in [-0.2, -0.15) is 0 Å². The van der Waals surface area contributed by atoms with Crippen molar-refractivity contribution in [1.82, 2.24) is 9.88 Å². The van der Waals surface area contributed by atoms with Gasteiger partial charge in [0.05, 0.1) is 31.9 Å². The van der Waals surface area contributed by atoms with Gasteiger partial charge in [-0.25, -0.2) is 4.39 Å². The van der Waals surface area contributed by atoms with Crippen molar-refractivity contribution in [2.24, 2.45) is 11.8 Å². The molecule has 5 nitrogen and oxygen atoms in total. The largest absolute Gasteiger partial charge is 0.492 e. The first kappa shape index (κ1) is 17.9. The summed E-state index contributed by atoms with van der Waals surface area (Å²) in [5, 5.41) is 0. The first-order valence-corrected chi connectivity index (χ1v) is 9.35. The summed E-state index contributed by atoms with van der Waals surface area (Å²) < 4.78 is 25.0. The number of amides is 1. The molecule has 6 heteroatoms. The van der Waals surface area contributed by atoms with Gasteiger partial charge in [0, 0.05) is 25.2 Å². The highest BCUT2D eigenvalue weighted by Crippen LogP contribution is 2.35. The van der Waals surface area contributed by atoms with E-state index in [9.17, 15) is 9.18 Å². The van der Waals surface area contributed by atoms with Crippen LogP contribution in [0.1, 0.15) is 12.0 Å². The van der Waals surface area contributed by atoms with E-state index in [0.717, 1.165) is 18.8 Å². The van der Waals surface area contributed by atoms with Gasteiger partial charge in [0.2, 0.25) is 5.91 Å². The second-order valence-electron chi connectivity index (χ2n) is 7.23. The Morgan fingerprint density at radius 1 is 1.30 bits per heavy atom. The van der Waals surface area contributed by atoms with Crippen LogP contribution in [-0.2, 0) is 16.0 Å². The van der Waals surface area contributed by atoms with Crippen LogP contribution >= 0.6 is 0 Å². The van der Waals surface area contributed by atoms with Crippen LogP contribution in [0.15, 0.2) is 48.8 Å². The number of carbonyl (C=O) groups excluding carboxylic acids is 1. The molecule has 2 fully saturated rings. The molecule has 0 unspecified atom stereocenters. The molecule has 0 bridgehead atoms. The van der Waals surface area contributed by atoms with Gasteiger partial charge in [0.15, 0.2) is 0 Å². The fourth-order valence-corrected chi connectivity index (χ4v) is 3.99. The molecule has 2 saturated heterocycles. The van der Waals surface area contributed by atoms with Crippen molar-refractivity contribution in [3.05, 3.63) is 60.2 Å². The summed E-state index contributed by atoms with van der Waals surface area (Å²) in [7, 11) is 0. The number of hydrogen-bond acceptors (Lipinski definition) is 4. The van der Waals surface area contributed by atoms with Gasteiger partial charge in [-0.15, -0.1) is 0 Å². The molecule has 4 rings (SSSR count). The highest BCUT2D eigenvalue weighted by molar-refractivity contribution is 5.79. The molecule has 0 spiro atoms. The number of rotatable bonds is 6. The summed E-state index contributed by atoms with van der Waals surface area (Å²) in [6.45, 7) is 2.66. The Labute approximate surface area is 158 Å². The highest BCUT2D eigenvalue weighted by atomic mass is 19.1. The normalized spacial score (nSPS) is 24.0. The molecule has 0 N–H and O–H groups in total. The Kier molecular flexibility index (Phi) is 5.34. The van der Waals surface area contributed by atoms with Crippen molar-refractivity contribution in [2.45, 2.75) is 18.9 Å². The van der Waals surface area contributed by atoms with Crippen LogP contribution in [0, 0.1) is 17.7 Å². The van der Waals surface area contributed by atoms with Crippen molar-refractivity contribution >= 4 is 5.91 Å². The third kappa shape index (κ3) is 4.27. The van der Waals surface area contributed by atoms with E-state index in [1.165, 1.54) is 12.1 Å². The molecule has 2 aliphatic heterocycles. The van der Waals surface area contributed by atoms with Gasteiger partial charge in [-0.3, -0.25) is 9.78 Å². The van der Waals surface area contributed by atoms with E-state index < -0.39 is 0 Å². The van der Waals surface area contributed by atoms with Gasteiger partial charge >= 0.3 is 0 Å². The number of likely N-dealkylation sites (tertiary alicyclic amines) is 1. The average molecular weight is 370 g/mol. The molecule has 3 heterocycles. The van der Waals surface area contributed by atoms with Gasteiger partial charge in [0.1, 0.15) is 11.6 Å². The number of hydrogen-bond donors (Lipinski definition) is 0.